The fourth-order valence-corrected chi connectivity index (χ4v) is 2.24. The topological polar surface area (TPSA) is 70.6 Å². The molecule has 0 saturated carbocycles. The lowest BCUT2D eigenvalue weighted by Crippen LogP contribution is -2.43. The summed E-state index contributed by atoms with van der Waals surface area (Å²) in [6, 6.07) is 5.00. The van der Waals surface area contributed by atoms with Crippen LogP contribution < -0.4 is 15.4 Å². The van der Waals surface area contributed by atoms with Crippen LogP contribution in [0.15, 0.2) is 18.2 Å². The number of piperidine rings is 1. The predicted molar refractivity (Wildman–Crippen MR) is 72.6 cm³/mol. The number of phenols is 1. The Hall–Kier alpha value is -1.75. The van der Waals surface area contributed by atoms with Crippen LogP contribution in [0, 0.1) is 0 Å². The molecule has 1 saturated heterocycles. The number of nitrogens with one attached hydrogen (secondary N) is 2. The number of benzene rings is 1. The van der Waals surface area contributed by atoms with Gasteiger partial charge in [-0.2, -0.15) is 0 Å². The molecule has 1 aliphatic rings. The average Bonchev–Trinajstić information content (AvgIpc) is 2.45. The van der Waals surface area contributed by atoms with Crippen molar-refractivity contribution in [2.24, 2.45) is 0 Å². The van der Waals surface area contributed by atoms with E-state index in [1.54, 1.807) is 12.1 Å². The summed E-state index contributed by atoms with van der Waals surface area (Å²) in [7, 11) is 1.52. The Bertz CT molecular complexity index is 442. The van der Waals surface area contributed by atoms with Gasteiger partial charge in [0.2, 0.25) is 0 Å². The number of methoxy groups -OCH3 is 1. The monoisotopic (exact) mass is 264 g/mol. The molecule has 1 aromatic carbocycles. The van der Waals surface area contributed by atoms with Crippen molar-refractivity contribution >= 4 is 5.91 Å². The lowest BCUT2D eigenvalue weighted by atomic mass is 10.0. The van der Waals surface area contributed by atoms with Crippen molar-refractivity contribution in [1.82, 2.24) is 10.6 Å². The first-order valence-electron chi connectivity index (χ1n) is 6.59. The van der Waals surface area contributed by atoms with Gasteiger partial charge in [0.05, 0.1) is 12.7 Å². The minimum absolute atomic E-state index is 0.0616. The highest BCUT2D eigenvalue weighted by atomic mass is 16.5. The number of carbonyl (C=O) groups is 1. The van der Waals surface area contributed by atoms with Crippen molar-refractivity contribution in [3.05, 3.63) is 23.8 Å². The Morgan fingerprint density at radius 3 is 3.00 bits per heavy atom. The molecule has 3 N–H and O–H groups in total. The van der Waals surface area contributed by atoms with Gasteiger partial charge in [0.25, 0.3) is 5.91 Å². The molecule has 19 heavy (non-hydrogen) atoms. The summed E-state index contributed by atoms with van der Waals surface area (Å²) in [5.41, 5.74) is 0.275. The minimum Gasteiger partial charge on any atom is -0.507 e. The molecule has 1 fully saturated rings. The molecule has 1 aliphatic heterocycles. The van der Waals surface area contributed by atoms with E-state index in [1.807, 2.05) is 0 Å². The SMILES string of the molecule is COc1ccc(C(=O)NCC2CCCCN2)c(O)c1. The summed E-state index contributed by atoms with van der Waals surface area (Å²) in [5, 5.41) is 16.0. The molecule has 104 valence electrons. The van der Waals surface area contributed by atoms with E-state index < -0.39 is 0 Å². The van der Waals surface area contributed by atoms with Crippen LogP contribution in [0.25, 0.3) is 0 Å². The molecular formula is C14H20N2O3. The van der Waals surface area contributed by atoms with Crippen LogP contribution in [0.4, 0.5) is 0 Å². The molecule has 0 bridgehead atoms. The highest BCUT2D eigenvalue weighted by Crippen LogP contribution is 2.23. The summed E-state index contributed by atoms with van der Waals surface area (Å²) >= 11 is 0. The normalized spacial score (nSPS) is 18.9. The standard InChI is InChI=1S/C14H20N2O3/c1-19-11-5-6-12(13(17)8-11)14(18)16-9-10-4-2-3-7-15-10/h5-6,8,10,15,17H,2-4,7,9H2,1H3,(H,16,18). The zero-order chi connectivity index (χ0) is 13.7. The molecule has 0 radical (unpaired) electrons. The van der Waals surface area contributed by atoms with Gasteiger partial charge in [-0.25, -0.2) is 0 Å². The number of aromatic hydroxyl groups is 1. The molecular weight excluding hydrogens is 244 g/mol. The van der Waals surface area contributed by atoms with E-state index in [9.17, 15) is 9.90 Å². The first kappa shape index (κ1) is 13.7. The number of carbonyl (C=O) groups excluding carboxylic acids is 1. The maximum Gasteiger partial charge on any atom is 0.255 e. The molecule has 1 atom stereocenters. The van der Waals surface area contributed by atoms with Gasteiger partial charge in [-0.05, 0) is 31.5 Å². The molecule has 1 amide bonds. The van der Waals surface area contributed by atoms with E-state index in [1.165, 1.54) is 26.0 Å². The zero-order valence-corrected chi connectivity index (χ0v) is 11.1. The fraction of sp³-hybridized carbons (Fsp3) is 0.500. The van der Waals surface area contributed by atoms with Crippen LogP contribution in [0.2, 0.25) is 0 Å². The van der Waals surface area contributed by atoms with E-state index in [4.69, 9.17) is 4.74 Å². The maximum atomic E-state index is 12.0. The van der Waals surface area contributed by atoms with Crippen LogP contribution >= 0.6 is 0 Å². The van der Waals surface area contributed by atoms with E-state index in [-0.39, 0.29) is 17.2 Å². The van der Waals surface area contributed by atoms with Crippen molar-refractivity contribution in [2.45, 2.75) is 25.3 Å². The first-order valence-corrected chi connectivity index (χ1v) is 6.59. The molecule has 5 nitrogen and oxygen atoms in total. The first-order chi connectivity index (χ1) is 9.20. The van der Waals surface area contributed by atoms with Gasteiger partial charge < -0.3 is 20.5 Å². The van der Waals surface area contributed by atoms with E-state index in [0.717, 1.165) is 13.0 Å². The van der Waals surface area contributed by atoms with Gasteiger partial charge >= 0.3 is 0 Å². The number of hydrogen-bond acceptors (Lipinski definition) is 4. The highest BCUT2D eigenvalue weighted by Gasteiger charge is 2.16. The van der Waals surface area contributed by atoms with E-state index in [0.29, 0.717) is 18.3 Å². The summed E-state index contributed by atoms with van der Waals surface area (Å²) in [4.78, 5) is 12.0. The lowest BCUT2D eigenvalue weighted by Gasteiger charge is -2.23. The van der Waals surface area contributed by atoms with Crippen molar-refractivity contribution < 1.29 is 14.6 Å². The predicted octanol–water partition coefficient (Wildman–Crippen LogP) is 1.27. The van der Waals surface area contributed by atoms with Gasteiger partial charge in [-0.1, -0.05) is 6.42 Å². The van der Waals surface area contributed by atoms with Gasteiger partial charge in [-0.15, -0.1) is 0 Å². The second kappa shape index (κ2) is 6.43. The molecule has 1 aromatic rings. The summed E-state index contributed by atoms with van der Waals surface area (Å²) in [5.74, 6) is 0.212. The Kier molecular flexibility index (Phi) is 4.63. The average molecular weight is 264 g/mol. The van der Waals surface area contributed by atoms with Gasteiger partial charge in [0, 0.05) is 18.7 Å². The third-order valence-electron chi connectivity index (χ3n) is 3.37. The molecule has 1 unspecified atom stereocenters. The smallest absolute Gasteiger partial charge is 0.255 e. The Morgan fingerprint density at radius 2 is 2.37 bits per heavy atom. The van der Waals surface area contributed by atoms with Crippen LogP contribution in [-0.2, 0) is 0 Å². The lowest BCUT2D eigenvalue weighted by molar-refractivity contribution is 0.0945. The summed E-state index contributed by atoms with van der Waals surface area (Å²) in [6.45, 7) is 1.60. The quantitative estimate of drug-likeness (QED) is 0.766. The molecule has 0 spiro atoms. The summed E-state index contributed by atoms with van der Waals surface area (Å²) < 4.78 is 4.98. The fourth-order valence-electron chi connectivity index (χ4n) is 2.24. The van der Waals surface area contributed by atoms with Crippen LogP contribution in [-0.4, -0.2) is 37.3 Å². The van der Waals surface area contributed by atoms with Crippen molar-refractivity contribution in [3.8, 4) is 11.5 Å². The number of phenolic OH excluding ortho intramolecular Hbond substituents is 1. The van der Waals surface area contributed by atoms with Crippen LogP contribution in [0.5, 0.6) is 11.5 Å². The van der Waals surface area contributed by atoms with Gasteiger partial charge in [0.15, 0.2) is 0 Å². The third-order valence-corrected chi connectivity index (χ3v) is 3.37. The molecule has 5 heteroatoms. The second-order valence-electron chi connectivity index (χ2n) is 4.74. The molecule has 1 heterocycles. The Balaban J connectivity index is 1.92. The van der Waals surface area contributed by atoms with Crippen LogP contribution in [0.3, 0.4) is 0 Å². The number of rotatable bonds is 4. The largest absolute Gasteiger partial charge is 0.507 e. The van der Waals surface area contributed by atoms with Gasteiger partial charge in [-0.3, -0.25) is 4.79 Å². The number of hydrogen-bond donors (Lipinski definition) is 3. The second-order valence-corrected chi connectivity index (χ2v) is 4.74. The Morgan fingerprint density at radius 1 is 1.53 bits per heavy atom. The maximum absolute atomic E-state index is 12.0. The Labute approximate surface area is 113 Å². The number of amides is 1. The van der Waals surface area contributed by atoms with E-state index >= 15 is 0 Å². The molecule has 0 aromatic heterocycles. The summed E-state index contributed by atoms with van der Waals surface area (Å²) in [6.07, 6.45) is 3.47. The van der Waals surface area contributed by atoms with Crippen LogP contribution in [0.1, 0.15) is 29.6 Å². The minimum atomic E-state index is -0.257. The van der Waals surface area contributed by atoms with E-state index in [2.05, 4.69) is 10.6 Å². The molecule has 2 rings (SSSR count). The van der Waals surface area contributed by atoms with Gasteiger partial charge in [0.1, 0.15) is 11.5 Å². The van der Waals surface area contributed by atoms with Crippen molar-refractivity contribution in [1.29, 1.82) is 0 Å². The van der Waals surface area contributed by atoms with Crippen molar-refractivity contribution in [2.75, 3.05) is 20.2 Å². The molecule has 0 aliphatic carbocycles. The number of ether oxygens (including phenoxy) is 1. The zero-order valence-electron chi connectivity index (χ0n) is 11.1. The van der Waals surface area contributed by atoms with Crippen molar-refractivity contribution in [3.63, 3.8) is 0 Å². The highest BCUT2D eigenvalue weighted by molar-refractivity contribution is 5.97. The third kappa shape index (κ3) is 3.61.